The highest BCUT2D eigenvalue weighted by Gasteiger charge is 2.22. The number of rotatable bonds is 2. The van der Waals surface area contributed by atoms with E-state index in [0.29, 0.717) is 5.92 Å². The third-order valence-electron chi connectivity index (χ3n) is 3.29. The summed E-state index contributed by atoms with van der Waals surface area (Å²) >= 11 is 0. The smallest absolute Gasteiger partial charge is 0.0655 e. The van der Waals surface area contributed by atoms with E-state index in [2.05, 4.69) is 23.4 Å². The molecule has 3 nitrogen and oxygen atoms in total. The van der Waals surface area contributed by atoms with Crippen molar-refractivity contribution in [3.05, 3.63) is 18.0 Å². The lowest BCUT2D eigenvalue weighted by Gasteiger charge is -2.27. The molecule has 1 aromatic rings. The number of nitrogens with zero attached hydrogens (tertiary/aromatic N) is 2. The van der Waals surface area contributed by atoms with Gasteiger partial charge in [0.05, 0.1) is 5.69 Å². The predicted molar refractivity (Wildman–Crippen MR) is 57.2 cm³/mol. The zero-order valence-electron chi connectivity index (χ0n) is 9.03. The normalized spacial score (nSPS) is 21.0. The summed E-state index contributed by atoms with van der Waals surface area (Å²) in [7, 11) is 1.98. The van der Waals surface area contributed by atoms with Gasteiger partial charge in [0.1, 0.15) is 0 Å². The molecular weight excluding hydrogens is 174 g/mol. The summed E-state index contributed by atoms with van der Waals surface area (Å²) in [5.41, 5.74) is 1.25. The Kier molecular flexibility index (Phi) is 2.87. The van der Waals surface area contributed by atoms with Gasteiger partial charge in [0.2, 0.25) is 0 Å². The van der Waals surface area contributed by atoms with Crippen LogP contribution in [-0.2, 0) is 7.05 Å². The lowest BCUT2D eigenvalue weighted by Crippen LogP contribution is -2.30. The van der Waals surface area contributed by atoms with Crippen LogP contribution in [0.4, 0.5) is 0 Å². The van der Waals surface area contributed by atoms with Crippen LogP contribution >= 0.6 is 0 Å². The summed E-state index contributed by atoms with van der Waals surface area (Å²) in [6.07, 6.45) is 4.61. The summed E-state index contributed by atoms with van der Waals surface area (Å²) < 4.78 is 1.90. The van der Waals surface area contributed by atoms with Crippen molar-refractivity contribution in [2.24, 2.45) is 13.0 Å². The number of nitrogens with one attached hydrogen (secondary N) is 1. The lowest BCUT2D eigenvalue weighted by atomic mass is 9.84. The van der Waals surface area contributed by atoms with Gasteiger partial charge in [0, 0.05) is 19.2 Å². The Morgan fingerprint density at radius 1 is 1.50 bits per heavy atom. The highest BCUT2D eigenvalue weighted by molar-refractivity contribution is 5.07. The van der Waals surface area contributed by atoms with Gasteiger partial charge in [-0.25, -0.2) is 0 Å². The zero-order chi connectivity index (χ0) is 9.97. The Bertz CT molecular complexity index is 286. The van der Waals surface area contributed by atoms with E-state index in [1.165, 1.54) is 31.6 Å². The van der Waals surface area contributed by atoms with Crippen molar-refractivity contribution >= 4 is 0 Å². The van der Waals surface area contributed by atoms with Gasteiger partial charge < -0.3 is 5.32 Å². The largest absolute Gasteiger partial charge is 0.317 e. The van der Waals surface area contributed by atoms with Crippen LogP contribution in [0.2, 0.25) is 0 Å². The maximum Gasteiger partial charge on any atom is 0.0655 e. The van der Waals surface area contributed by atoms with Gasteiger partial charge in [-0.05, 0) is 37.9 Å². The first-order valence-corrected chi connectivity index (χ1v) is 5.47. The molecule has 1 unspecified atom stereocenters. The van der Waals surface area contributed by atoms with Crippen molar-refractivity contribution in [1.82, 2.24) is 15.1 Å². The first-order valence-electron chi connectivity index (χ1n) is 5.47. The fraction of sp³-hybridized carbons (Fsp3) is 0.727. The monoisotopic (exact) mass is 193 g/mol. The number of aryl methyl sites for hydroxylation is 1. The molecule has 1 N–H and O–H groups in total. The van der Waals surface area contributed by atoms with E-state index in [9.17, 15) is 0 Å². The number of aromatic nitrogens is 2. The molecule has 14 heavy (non-hydrogen) atoms. The van der Waals surface area contributed by atoms with Crippen LogP contribution in [0.25, 0.3) is 0 Å². The van der Waals surface area contributed by atoms with E-state index in [4.69, 9.17) is 0 Å². The Morgan fingerprint density at radius 2 is 2.21 bits per heavy atom. The molecule has 1 aliphatic heterocycles. The fourth-order valence-corrected chi connectivity index (χ4v) is 2.26. The van der Waals surface area contributed by atoms with E-state index in [-0.39, 0.29) is 0 Å². The summed E-state index contributed by atoms with van der Waals surface area (Å²) in [5, 5.41) is 7.88. The average Bonchev–Trinajstić information content (AvgIpc) is 2.65. The van der Waals surface area contributed by atoms with Crippen molar-refractivity contribution < 1.29 is 0 Å². The quantitative estimate of drug-likeness (QED) is 0.772. The number of hydrogen-bond donors (Lipinski definition) is 1. The SMILES string of the molecule is CC(c1ccn(C)n1)C1CCNCC1. The van der Waals surface area contributed by atoms with Crippen LogP contribution in [0.15, 0.2) is 12.3 Å². The number of piperidine rings is 1. The van der Waals surface area contributed by atoms with Crippen LogP contribution in [0.3, 0.4) is 0 Å². The minimum absolute atomic E-state index is 0.610. The third-order valence-corrected chi connectivity index (χ3v) is 3.29. The van der Waals surface area contributed by atoms with E-state index >= 15 is 0 Å². The molecule has 1 saturated heterocycles. The van der Waals surface area contributed by atoms with Gasteiger partial charge in [-0.3, -0.25) is 4.68 Å². The van der Waals surface area contributed by atoms with Crippen molar-refractivity contribution in [1.29, 1.82) is 0 Å². The van der Waals surface area contributed by atoms with E-state index in [0.717, 1.165) is 5.92 Å². The predicted octanol–water partition coefficient (Wildman–Crippen LogP) is 1.52. The second kappa shape index (κ2) is 4.13. The molecule has 78 valence electrons. The third kappa shape index (κ3) is 1.98. The maximum absolute atomic E-state index is 4.48. The topological polar surface area (TPSA) is 29.9 Å². The molecule has 3 heteroatoms. The standard InChI is InChI=1S/C11H19N3/c1-9(10-3-6-12-7-4-10)11-5-8-14(2)13-11/h5,8-10,12H,3-4,6-7H2,1-2H3. The molecule has 0 saturated carbocycles. The van der Waals surface area contributed by atoms with Gasteiger partial charge in [-0.2, -0.15) is 5.10 Å². The van der Waals surface area contributed by atoms with Crippen molar-refractivity contribution in [2.45, 2.75) is 25.7 Å². The molecule has 0 bridgehead atoms. The Hall–Kier alpha value is -0.830. The lowest BCUT2D eigenvalue weighted by molar-refractivity contribution is 0.326. The molecule has 2 rings (SSSR count). The summed E-state index contributed by atoms with van der Waals surface area (Å²) in [4.78, 5) is 0. The molecule has 1 aliphatic rings. The molecule has 1 fully saturated rings. The fourth-order valence-electron chi connectivity index (χ4n) is 2.26. The van der Waals surface area contributed by atoms with Crippen LogP contribution in [-0.4, -0.2) is 22.9 Å². The van der Waals surface area contributed by atoms with Crippen LogP contribution < -0.4 is 5.32 Å². The summed E-state index contributed by atoms with van der Waals surface area (Å²) in [5.74, 6) is 1.42. The van der Waals surface area contributed by atoms with Gasteiger partial charge in [-0.15, -0.1) is 0 Å². The summed E-state index contributed by atoms with van der Waals surface area (Å²) in [6.45, 7) is 4.64. The van der Waals surface area contributed by atoms with Gasteiger partial charge in [-0.1, -0.05) is 6.92 Å². The van der Waals surface area contributed by atoms with Crippen LogP contribution in [0.1, 0.15) is 31.4 Å². The van der Waals surface area contributed by atoms with Crippen molar-refractivity contribution in [3.63, 3.8) is 0 Å². The van der Waals surface area contributed by atoms with E-state index in [1.807, 2.05) is 17.9 Å². The second-order valence-corrected chi connectivity index (χ2v) is 4.29. The van der Waals surface area contributed by atoms with Gasteiger partial charge in [0.25, 0.3) is 0 Å². The van der Waals surface area contributed by atoms with E-state index in [1.54, 1.807) is 0 Å². The molecule has 0 aliphatic carbocycles. The van der Waals surface area contributed by atoms with Crippen molar-refractivity contribution in [3.8, 4) is 0 Å². The molecule has 0 radical (unpaired) electrons. The molecule has 1 aromatic heterocycles. The molecule has 0 aromatic carbocycles. The first kappa shape index (κ1) is 9.71. The molecule has 1 atom stereocenters. The highest BCUT2D eigenvalue weighted by atomic mass is 15.2. The first-order chi connectivity index (χ1) is 6.77. The number of hydrogen-bond acceptors (Lipinski definition) is 2. The molecular formula is C11H19N3. The Balaban J connectivity index is 2.03. The van der Waals surface area contributed by atoms with Crippen LogP contribution in [0.5, 0.6) is 0 Å². The molecule has 0 spiro atoms. The second-order valence-electron chi connectivity index (χ2n) is 4.29. The van der Waals surface area contributed by atoms with Gasteiger partial charge in [0.15, 0.2) is 0 Å². The minimum Gasteiger partial charge on any atom is -0.317 e. The van der Waals surface area contributed by atoms with E-state index < -0.39 is 0 Å². The maximum atomic E-state index is 4.48. The zero-order valence-corrected chi connectivity index (χ0v) is 9.03. The minimum atomic E-state index is 0.610. The Labute approximate surface area is 85.5 Å². The molecule has 0 amide bonds. The van der Waals surface area contributed by atoms with Gasteiger partial charge >= 0.3 is 0 Å². The highest BCUT2D eigenvalue weighted by Crippen LogP contribution is 2.29. The summed E-state index contributed by atoms with van der Waals surface area (Å²) in [6, 6.07) is 2.15. The molecule has 2 heterocycles. The Morgan fingerprint density at radius 3 is 2.79 bits per heavy atom. The average molecular weight is 193 g/mol. The van der Waals surface area contributed by atoms with Crippen molar-refractivity contribution in [2.75, 3.05) is 13.1 Å². The van der Waals surface area contributed by atoms with Crippen LogP contribution in [0, 0.1) is 5.92 Å².